The summed E-state index contributed by atoms with van der Waals surface area (Å²) in [5.41, 5.74) is 1.11. The van der Waals surface area contributed by atoms with Gasteiger partial charge >= 0.3 is 0 Å². The molecule has 1 saturated heterocycles. The summed E-state index contributed by atoms with van der Waals surface area (Å²) in [6.45, 7) is 1.57. The van der Waals surface area contributed by atoms with Crippen molar-refractivity contribution in [2.24, 2.45) is 5.92 Å². The standard InChI is InChI=1S/C20H23ClN2O2/c21-17-7-3-4-14(10-17)11-18-12-22-19(25-18)16-8-9-23(13-16)20(24)15-5-1-2-6-15/h3-4,7,10,12,15-16H,1-2,5-6,8-9,11,13H2/t16-/m0/s1. The van der Waals surface area contributed by atoms with Crippen LogP contribution in [0.1, 0.15) is 55.2 Å². The molecule has 1 atom stereocenters. The third-order valence-corrected chi connectivity index (χ3v) is 5.63. The summed E-state index contributed by atoms with van der Waals surface area (Å²) in [6.07, 6.45) is 7.93. The minimum atomic E-state index is 0.221. The number of hydrogen-bond donors (Lipinski definition) is 0. The van der Waals surface area contributed by atoms with Crippen molar-refractivity contribution in [3.05, 3.63) is 52.7 Å². The number of rotatable bonds is 4. The number of likely N-dealkylation sites (tertiary alicyclic amines) is 1. The minimum Gasteiger partial charge on any atom is -0.445 e. The predicted molar refractivity (Wildman–Crippen MR) is 96.7 cm³/mol. The number of benzene rings is 1. The first-order valence-electron chi connectivity index (χ1n) is 9.17. The molecule has 1 aromatic carbocycles. The van der Waals surface area contributed by atoms with E-state index in [-0.39, 0.29) is 11.8 Å². The molecular weight excluding hydrogens is 336 g/mol. The first-order valence-corrected chi connectivity index (χ1v) is 9.54. The molecule has 1 amide bonds. The zero-order chi connectivity index (χ0) is 17.2. The molecule has 1 aliphatic heterocycles. The van der Waals surface area contributed by atoms with E-state index in [9.17, 15) is 4.79 Å². The van der Waals surface area contributed by atoms with Gasteiger partial charge in [0.2, 0.25) is 5.91 Å². The van der Waals surface area contributed by atoms with Gasteiger partial charge in [-0.25, -0.2) is 4.98 Å². The normalized spacial score (nSPS) is 21.2. The van der Waals surface area contributed by atoms with Gasteiger partial charge in [0.25, 0.3) is 0 Å². The molecule has 4 nitrogen and oxygen atoms in total. The van der Waals surface area contributed by atoms with Gasteiger partial charge in [-0.1, -0.05) is 36.6 Å². The molecule has 0 bridgehead atoms. The van der Waals surface area contributed by atoms with E-state index in [0.29, 0.717) is 12.3 Å². The molecule has 4 rings (SSSR count). The number of carbonyl (C=O) groups excluding carboxylic acids is 1. The largest absolute Gasteiger partial charge is 0.445 e. The lowest BCUT2D eigenvalue weighted by Gasteiger charge is -2.19. The number of oxazole rings is 1. The summed E-state index contributed by atoms with van der Waals surface area (Å²) in [7, 11) is 0. The number of halogens is 1. The quantitative estimate of drug-likeness (QED) is 0.812. The van der Waals surface area contributed by atoms with Gasteiger partial charge in [-0.05, 0) is 37.0 Å². The summed E-state index contributed by atoms with van der Waals surface area (Å²) in [6, 6.07) is 7.79. The Morgan fingerprint density at radius 1 is 1.28 bits per heavy atom. The number of nitrogens with zero attached hydrogens (tertiary/aromatic N) is 2. The zero-order valence-corrected chi connectivity index (χ0v) is 15.0. The summed E-state index contributed by atoms with van der Waals surface area (Å²) in [5.74, 6) is 2.42. The van der Waals surface area contributed by atoms with Gasteiger partial charge in [0, 0.05) is 30.5 Å². The molecule has 132 valence electrons. The predicted octanol–water partition coefficient (Wildman–Crippen LogP) is 4.42. The Balaban J connectivity index is 1.38. The molecule has 0 radical (unpaired) electrons. The molecule has 1 aliphatic carbocycles. The van der Waals surface area contributed by atoms with Crippen LogP contribution in [-0.2, 0) is 11.2 Å². The second-order valence-electron chi connectivity index (χ2n) is 7.22. The van der Waals surface area contributed by atoms with Crippen LogP contribution >= 0.6 is 11.6 Å². The van der Waals surface area contributed by atoms with Crippen LogP contribution < -0.4 is 0 Å². The van der Waals surface area contributed by atoms with Gasteiger partial charge in [0.15, 0.2) is 5.89 Å². The van der Waals surface area contributed by atoms with E-state index < -0.39 is 0 Å². The van der Waals surface area contributed by atoms with Crippen LogP contribution in [0.25, 0.3) is 0 Å². The highest BCUT2D eigenvalue weighted by Gasteiger charge is 2.34. The molecule has 25 heavy (non-hydrogen) atoms. The summed E-state index contributed by atoms with van der Waals surface area (Å²) >= 11 is 6.04. The maximum absolute atomic E-state index is 12.6. The third-order valence-electron chi connectivity index (χ3n) is 5.39. The van der Waals surface area contributed by atoms with Crippen LogP contribution in [0, 0.1) is 5.92 Å². The van der Waals surface area contributed by atoms with Crippen molar-refractivity contribution in [2.75, 3.05) is 13.1 Å². The fourth-order valence-corrected chi connectivity index (χ4v) is 4.25. The van der Waals surface area contributed by atoms with E-state index in [1.165, 1.54) is 12.8 Å². The van der Waals surface area contributed by atoms with E-state index >= 15 is 0 Å². The molecule has 2 heterocycles. The van der Waals surface area contributed by atoms with Gasteiger partial charge in [0.05, 0.1) is 12.1 Å². The molecule has 2 aliphatic rings. The van der Waals surface area contributed by atoms with Crippen LogP contribution in [0.15, 0.2) is 34.9 Å². The van der Waals surface area contributed by atoms with Crippen LogP contribution in [-0.4, -0.2) is 28.9 Å². The Hall–Kier alpha value is -1.81. The lowest BCUT2D eigenvalue weighted by molar-refractivity contribution is -0.134. The Morgan fingerprint density at radius 2 is 2.12 bits per heavy atom. The Morgan fingerprint density at radius 3 is 2.92 bits per heavy atom. The molecule has 1 saturated carbocycles. The van der Waals surface area contributed by atoms with Crippen molar-refractivity contribution >= 4 is 17.5 Å². The fraction of sp³-hybridized carbons (Fsp3) is 0.500. The summed E-state index contributed by atoms with van der Waals surface area (Å²) in [4.78, 5) is 19.1. The molecule has 0 spiro atoms. The Kier molecular flexibility index (Phi) is 4.80. The lowest BCUT2D eigenvalue weighted by Crippen LogP contribution is -2.33. The summed E-state index contributed by atoms with van der Waals surface area (Å²) in [5, 5.41) is 0.731. The second-order valence-corrected chi connectivity index (χ2v) is 7.66. The van der Waals surface area contributed by atoms with E-state index in [2.05, 4.69) is 4.98 Å². The van der Waals surface area contributed by atoms with Gasteiger partial charge in [-0.3, -0.25) is 4.79 Å². The van der Waals surface area contributed by atoms with Crippen molar-refractivity contribution in [1.29, 1.82) is 0 Å². The van der Waals surface area contributed by atoms with Crippen molar-refractivity contribution < 1.29 is 9.21 Å². The Labute approximate surface area is 153 Å². The average Bonchev–Trinajstić information content (AvgIpc) is 3.35. The first kappa shape index (κ1) is 16.6. The topological polar surface area (TPSA) is 46.3 Å². The van der Waals surface area contributed by atoms with Crippen molar-refractivity contribution in [1.82, 2.24) is 9.88 Å². The molecular formula is C20H23ClN2O2. The highest BCUT2D eigenvalue weighted by molar-refractivity contribution is 6.30. The smallest absolute Gasteiger partial charge is 0.225 e. The van der Waals surface area contributed by atoms with E-state index in [1.807, 2.05) is 29.2 Å². The maximum atomic E-state index is 12.6. The molecule has 2 fully saturated rings. The van der Waals surface area contributed by atoms with E-state index in [1.54, 1.807) is 6.20 Å². The molecule has 5 heteroatoms. The third kappa shape index (κ3) is 3.74. The van der Waals surface area contributed by atoms with Crippen LogP contribution in [0.4, 0.5) is 0 Å². The molecule has 2 aromatic rings. The first-order chi connectivity index (χ1) is 12.2. The van der Waals surface area contributed by atoms with Gasteiger partial charge < -0.3 is 9.32 Å². The van der Waals surface area contributed by atoms with E-state index in [4.69, 9.17) is 16.0 Å². The average molecular weight is 359 g/mol. The number of carbonyl (C=O) groups is 1. The van der Waals surface area contributed by atoms with Crippen molar-refractivity contribution in [3.8, 4) is 0 Å². The number of aromatic nitrogens is 1. The summed E-state index contributed by atoms with van der Waals surface area (Å²) < 4.78 is 5.97. The van der Waals surface area contributed by atoms with Crippen LogP contribution in [0.3, 0.4) is 0 Å². The second kappa shape index (κ2) is 7.20. The molecule has 0 N–H and O–H groups in total. The van der Waals surface area contributed by atoms with Crippen LogP contribution in [0.2, 0.25) is 5.02 Å². The highest BCUT2D eigenvalue weighted by Crippen LogP contribution is 2.32. The monoisotopic (exact) mass is 358 g/mol. The zero-order valence-electron chi connectivity index (χ0n) is 14.3. The number of amides is 1. The maximum Gasteiger partial charge on any atom is 0.225 e. The van der Waals surface area contributed by atoms with Crippen LogP contribution in [0.5, 0.6) is 0 Å². The Bertz CT molecular complexity index is 752. The van der Waals surface area contributed by atoms with Gasteiger partial charge in [0.1, 0.15) is 5.76 Å². The minimum absolute atomic E-state index is 0.221. The van der Waals surface area contributed by atoms with Crippen molar-refractivity contribution in [3.63, 3.8) is 0 Å². The SMILES string of the molecule is O=C(C1CCCC1)N1CC[C@H](c2ncc(Cc3cccc(Cl)c3)o2)C1. The fourth-order valence-electron chi connectivity index (χ4n) is 4.03. The molecule has 1 aromatic heterocycles. The van der Waals surface area contributed by atoms with Crippen molar-refractivity contribution in [2.45, 2.75) is 44.4 Å². The molecule has 0 unspecified atom stereocenters. The van der Waals surface area contributed by atoms with Gasteiger partial charge in [-0.15, -0.1) is 0 Å². The highest BCUT2D eigenvalue weighted by atomic mass is 35.5. The lowest BCUT2D eigenvalue weighted by atomic mass is 10.1. The van der Waals surface area contributed by atoms with E-state index in [0.717, 1.165) is 54.6 Å². The van der Waals surface area contributed by atoms with Gasteiger partial charge in [-0.2, -0.15) is 0 Å². The number of hydrogen-bond acceptors (Lipinski definition) is 3.